The Morgan fingerprint density at radius 2 is 2.00 bits per heavy atom. The third kappa shape index (κ3) is 3.09. The van der Waals surface area contributed by atoms with Crippen molar-refractivity contribution in [3.63, 3.8) is 0 Å². The second kappa shape index (κ2) is 6.29. The Hall–Kier alpha value is -1.94. The molecule has 0 aliphatic carbocycles. The van der Waals surface area contributed by atoms with Crippen LogP contribution in [0.3, 0.4) is 0 Å². The summed E-state index contributed by atoms with van der Waals surface area (Å²) in [4.78, 5) is 0. The fourth-order valence-electron chi connectivity index (χ4n) is 2.00. The Morgan fingerprint density at radius 3 is 2.58 bits per heavy atom. The molecule has 0 fully saturated rings. The molecule has 1 heterocycles. The van der Waals surface area contributed by atoms with Gasteiger partial charge in [-0.05, 0) is 49.4 Å². The summed E-state index contributed by atoms with van der Waals surface area (Å²) in [6.45, 7) is 2.85. The molecule has 1 aromatic heterocycles. The van der Waals surface area contributed by atoms with Crippen LogP contribution in [0.5, 0.6) is 5.75 Å². The zero-order valence-electron chi connectivity index (χ0n) is 11.6. The van der Waals surface area contributed by atoms with Gasteiger partial charge in [0.05, 0.1) is 18.5 Å². The van der Waals surface area contributed by atoms with Crippen LogP contribution in [-0.2, 0) is 13.0 Å². The van der Waals surface area contributed by atoms with Crippen molar-refractivity contribution in [2.75, 3.05) is 14.2 Å². The maximum Gasteiger partial charge on any atom is 0.122 e. The van der Waals surface area contributed by atoms with Crippen molar-refractivity contribution in [2.45, 2.75) is 19.9 Å². The Labute approximate surface area is 113 Å². The largest absolute Gasteiger partial charge is 0.496 e. The number of hydrogen-bond acceptors (Lipinski definition) is 4. The highest BCUT2D eigenvalue weighted by molar-refractivity contribution is 5.61. The number of aromatic nitrogens is 2. The number of benzene rings is 1. The van der Waals surface area contributed by atoms with E-state index in [1.807, 2.05) is 31.3 Å². The van der Waals surface area contributed by atoms with Gasteiger partial charge in [-0.2, -0.15) is 10.2 Å². The number of nitrogens with one attached hydrogen (secondary N) is 1. The van der Waals surface area contributed by atoms with E-state index in [0.717, 1.165) is 35.7 Å². The quantitative estimate of drug-likeness (QED) is 0.893. The third-order valence-electron chi connectivity index (χ3n) is 3.03. The van der Waals surface area contributed by atoms with Gasteiger partial charge in [0, 0.05) is 12.1 Å². The summed E-state index contributed by atoms with van der Waals surface area (Å²) < 4.78 is 5.33. The lowest BCUT2D eigenvalue weighted by Crippen LogP contribution is -2.07. The molecule has 4 nitrogen and oxygen atoms in total. The van der Waals surface area contributed by atoms with E-state index in [-0.39, 0.29) is 0 Å². The molecule has 0 radical (unpaired) electrons. The average Bonchev–Trinajstić information content (AvgIpc) is 2.47. The summed E-state index contributed by atoms with van der Waals surface area (Å²) in [5, 5.41) is 11.5. The van der Waals surface area contributed by atoms with Crippen LogP contribution >= 0.6 is 0 Å². The van der Waals surface area contributed by atoms with Gasteiger partial charge in [0.1, 0.15) is 5.75 Å². The Morgan fingerprint density at radius 1 is 1.16 bits per heavy atom. The molecule has 0 atom stereocenters. The van der Waals surface area contributed by atoms with E-state index in [9.17, 15) is 0 Å². The molecule has 0 saturated carbocycles. The number of nitrogens with zero attached hydrogens (tertiary/aromatic N) is 2. The molecular formula is C15H19N3O. The first-order chi connectivity index (χ1) is 9.28. The SMILES string of the molecule is CCc1cc(-c2ccc(CNC)nn2)ccc1OC. The first-order valence-corrected chi connectivity index (χ1v) is 6.43. The summed E-state index contributed by atoms with van der Waals surface area (Å²) in [6.07, 6.45) is 0.933. The summed E-state index contributed by atoms with van der Waals surface area (Å²) in [5.74, 6) is 0.922. The smallest absolute Gasteiger partial charge is 0.122 e. The van der Waals surface area contributed by atoms with Gasteiger partial charge in [-0.3, -0.25) is 0 Å². The molecule has 2 aromatic rings. The molecule has 0 aliphatic heterocycles. The van der Waals surface area contributed by atoms with Gasteiger partial charge < -0.3 is 10.1 Å². The number of aryl methyl sites for hydroxylation is 1. The van der Waals surface area contributed by atoms with Crippen LogP contribution in [0, 0.1) is 0 Å². The van der Waals surface area contributed by atoms with E-state index in [4.69, 9.17) is 4.74 Å². The summed E-state index contributed by atoms with van der Waals surface area (Å²) in [6, 6.07) is 10.1. The first-order valence-electron chi connectivity index (χ1n) is 6.43. The Bertz CT molecular complexity index is 538. The van der Waals surface area contributed by atoms with E-state index < -0.39 is 0 Å². The van der Waals surface area contributed by atoms with Crippen molar-refractivity contribution >= 4 is 0 Å². The van der Waals surface area contributed by atoms with Gasteiger partial charge >= 0.3 is 0 Å². The lowest BCUT2D eigenvalue weighted by Gasteiger charge is -2.09. The van der Waals surface area contributed by atoms with Crippen LogP contribution in [0.25, 0.3) is 11.3 Å². The lowest BCUT2D eigenvalue weighted by atomic mass is 10.0. The summed E-state index contributed by atoms with van der Waals surface area (Å²) >= 11 is 0. The molecule has 0 spiro atoms. The third-order valence-corrected chi connectivity index (χ3v) is 3.03. The number of methoxy groups -OCH3 is 1. The minimum absolute atomic E-state index is 0.732. The second-order valence-corrected chi connectivity index (χ2v) is 4.32. The maximum absolute atomic E-state index is 5.33. The van der Waals surface area contributed by atoms with Crippen LogP contribution in [0.4, 0.5) is 0 Å². The second-order valence-electron chi connectivity index (χ2n) is 4.32. The van der Waals surface area contributed by atoms with Crippen LogP contribution in [0.15, 0.2) is 30.3 Å². The zero-order valence-corrected chi connectivity index (χ0v) is 11.6. The maximum atomic E-state index is 5.33. The van der Waals surface area contributed by atoms with Crippen molar-refractivity contribution in [2.24, 2.45) is 0 Å². The van der Waals surface area contributed by atoms with Crippen molar-refractivity contribution < 1.29 is 4.74 Å². The fraction of sp³-hybridized carbons (Fsp3) is 0.333. The topological polar surface area (TPSA) is 47.0 Å². The number of ether oxygens (including phenoxy) is 1. The van der Waals surface area contributed by atoms with Crippen molar-refractivity contribution in [1.82, 2.24) is 15.5 Å². The van der Waals surface area contributed by atoms with Crippen molar-refractivity contribution in [3.8, 4) is 17.0 Å². The van der Waals surface area contributed by atoms with Crippen LogP contribution in [-0.4, -0.2) is 24.4 Å². The highest BCUT2D eigenvalue weighted by Gasteiger charge is 2.06. The summed E-state index contributed by atoms with van der Waals surface area (Å²) in [7, 11) is 3.59. The minimum atomic E-state index is 0.732. The first kappa shape index (κ1) is 13.5. The molecule has 0 amide bonds. The summed E-state index contributed by atoms with van der Waals surface area (Å²) in [5.41, 5.74) is 4.08. The van der Waals surface area contributed by atoms with Gasteiger partial charge in [-0.15, -0.1) is 0 Å². The molecule has 19 heavy (non-hydrogen) atoms. The predicted molar refractivity (Wildman–Crippen MR) is 76.2 cm³/mol. The zero-order chi connectivity index (χ0) is 13.7. The van der Waals surface area contributed by atoms with E-state index in [1.54, 1.807) is 7.11 Å². The van der Waals surface area contributed by atoms with Crippen LogP contribution in [0.2, 0.25) is 0 Å². The van der Waals surface area contributed by atoms with E-state index in [0.29, 0.717) is 0 Å². The monoisotopic (exact) mass is 257 g/mol. The molecule has 0 aliphatic rings. The lowest BCUT2D eigenvalue weighted by molar-refractivity contribution is 0.410. The predicted octanol–water partition coefficient (Wildman–Crippen LogP) is 2.43. The molecule has 0 saturated heterocycles. The Balaban J connectivity index is 2.30. The molecule has 2 rings (SSSR count). The minimum Gasteiger partial charge on any atom is -0.496 e. The fourth-order valence-corrected chi connectivity index (χ4v) is 2.00. The van der Waals surface area contributed by atoms with Gasteiger partial charge in [0.2, 0.25) is 0 Å². The molecule has 100 valence electrons. The van der Waals surface area contributed by atoms with E-state index in [1.165, 1.54) is 5.56 Å². The molecule has 4 heteroatoms. The van der Waals surface area contributed by atoms with Crippen LogP contribution in [0.1, 0.15) is 18.2 Å². The molecule has 0 bridgehead atoms. The van der Waals surface area contributed by atoms with Crippen molar-refractivity contribution in [3.05, 3.63) is 41.6 Å². The van der Waals surface area contributed by atoms with E-state index in [2.05, 4.69) is 28.5 Å². The van der Waals surface area contributed by atoms with E-state index >= 15 is 0 Å². The number of rotatable bonds is 5. The highest BCUT2D eigenvalue weighted by atomic mass is 16.5. The average molecular weight is 257 g/mol. The normalized spacial score (nSPS) is 10.5. The molecular weight excluding hydrogens is 238 g/mol. The highest BCUT2D eigenvalue weighted by Crippen LogP contribution is 2.25. The van der Waals surface area contributed by atoms with Crippen LogP contribution < -0.4 is 10.1 Å². The van der Waals surface area contributed by atoms with Gasteiger partial charge in [-0.25, -0.2) is 0 Å². The number of hydrogen-bond donors (Lipinski definition) is 1. The van der Waals surface area contributed by atoms with Gasteiger partial charge in [-0.1, -0.05) is 6.92 Å². The van der Waals surface area contributed by atoms with Crippen molar-refractivity contribution in [1.29, 1.82) is 0 Å². The standard InChI is InChI=1S/C15H19N3O/c1-4-11-9-12(5-8-15(11)19-3)14-7-6-13(10-16-2)17-18-14/h5-9,16H,4,10H2,1-3H3. The van der Waals surface area contributed by atoms with Gasteiger partial charge in [0.15, 0.2) is 0 Å². The molecule has 0 unspecified atom stereocenters. The molecule has 1 aromatic carbocycles. The Kier molecular flexibility index (Phi) is 4.47. The molecule has 1 N–H and O–H groups in total. The van der Waals surface area contributed by atoms with Gasteiger partial charge in [0.25, 0.3) is 0 Å².